The molecule has 1 saturated carbocycles. The Morgan fingerprint density at radius 3 is 2.68 bits per heavy atom. The molecule has 22 heavy (non-hydrogen) atoms. The van der Waals surface area contributed by atoms with Crippen LogP contribution in [0.15, 0.2) is 24.3 Å². The van der Waals surface area contributed by atoms with Gasteiger partial charge in [0.25, 0.3) is 0 Å². The molecule has 0 unspecified atom stereocenters. The molecule has 2 aliphatic carbocycles. The molecule has 0 heterocycles. The van der Waals surface area contributed by atoms with Gasteiger partial charge in [0.2, 0.25) is 5.91 Å². The number of nitriles is 1. The van der Waals surface area contributed by atoms with Gasteiger partial charge in [-0.2, -0.15) is 5.26 Å². The van der Waals surface area contributed by atoms with Crippen LogP contribution in [0, 0.1) is 16.7 Å². The zero-order chi connectivity index (χ0) is 15.6. The number of nitrogens with zero attached hydrogens (tertiary/aromatic N) is 1. The van der Waals surface area contributed by atoms with E-state index < -0.39 is 11.0 Å². The number of carbonyl (C=O) groups is 1. The van der Waals surface area contributed by atoms with Crippen molar-refractivity contribution in [1.29, 1.82) is 5.26 Å². The second-order valence-corrected chi connectivity index (χ2v) is 6.63. The van der Waals surface area contributed by atoms with Crippen molar-refractivity contribution < 1.29 is 9.90 Å². The molecule has 4 heteroatoms. The maximum absolute atomic E-state index is 12.5. The maximum Gasteiger partial charge on any atom is 0.240 e. The highest BCUT2D eigenvalue weighted by Crippen LogP contribution is 2.39. The smallest absolute Gasteiger partial charge is 0.240 e. The minimum Gasteiger partial charge on any atom is -0.383 e. The molecule has 4 nitrogen and oxygen atoms in total. The van der Waals surface area contributed by atoms with Crippen molar-refractivity contribution >= 4 is 5.91 Å². The zero-order valence-electron chi connectivity index (χ0n) is 12.8. The van der Waals surface area contributed by atoms with Crippen molar-refractivity contribution in [3.63, 3.8) is 0 Å². The molecule has 1 aromatic rings. The molecular formula is C18H22N2O2. The van der Waals surface area contributed by atoms with Gasteiger partial charge in [-0.1, -0.05) is 37.1 Å². The molecule has 116 valence electrons. The first-order valence-electron chi connectivity index (χ1n) is 8.10. The minimum atomic E-state index is -1.01. The van der Waals surface area contributed by atoms with E-state index in [1.165, 1.54) is 0 Å². The molecule has 0 aliphatic heterocycles. The van der Waals surface area contributed by atoms with Crippen molar-refractivity contribution in [3.8, 4) is 6.07 Å². The Bertz CT molecular complexity index is 614. The fraction of sp³-hybridized carbons (Fsp3) is 0.556. The molecule has 0 aromatic heterocycles. The number of amides is 1. The van der Waals surface area contributed by atoms with Crippen LogP contribution in [-0.2, 0) is 16.8 Å². The average molecular weight is 298 g/mol. The van der Waals surface area contributed by atoms with E-state index in [9.17, 15) is 15.2 Å². The van der Waals surface area contributed by atoms with Gasteiger partial charge in [-0.15, -0.1) is 0 Å². The molecule has 0 bridgehead atoms. The molecule has 3 rings (SSSR count). The number of benzene rings is 1. The van der Waals surface area contributed by atoms with Crippen LogP contribution in [0.2, 0.25) is 0 Å². The van der Waals surface area contributed by atoms with Crippen LogP contribution in [0.4, 0.5) is 0 Å². The lowest BCUT2D eigenvalue weighted by Gasteiger charge is -2.35. The third-order valence-corrected chi connectivity index (χ3v) is 5.20. The maximum atomic E-state index is 12.5. The number of hydrogen-bond donors (Lipinski definition) is 2. The van der Waals surface area contributed by atoms with Crippen LogP contribution in [-0.4, -0.2) is 17.6 Å². The summed E-state index contributed by atoms with van der Waals surface area (Å²) < 4.78 is 0. The number of carbonyl (C=O) groups excluding carboxylic acids is 1. The third-order valence-electron chi connectivity index (χ3n) is 5.20. The van der Waals surface area contributed by atoms with Crippen molar-refractivity contribution in [1.82, 2.24) is 5.32 Å². The topological polar surface area (TPSA) is 73.1 Å². The second kappa shape index (κ2) is 5.73. The fourth-order valence-corrected chi connectivity index (χ4v) is 3.85. The standard InChI is InChI=1S/C18H22N2O2/c19-12-17(9-3-4-10-17)16(21)20-13-18(22)11-5-7-14-6-1-2-8-15(14)18/h1-2,6,8,22H,3-5,7,9-11,13H2,(H,20,21)/t18-/m0/s1. The van der Waals surface area contributed by atoms with E-state index in [0.717, 1.165) is 36.8 Å². The Kier molecular flexibility index (Phi) is 3.92. The van der Waals surface area contributed by atoms with Gasteiger partial charge in [0.15, 0.2) is 0 Å². The molecular weight excluding hydrogens is 276 g/mol. The van der Waals surface area contributed by atoms with Gasteiger partial charge < -0.3 is 10.4 Å². The van der Waals surface area contributed by atoms with Crippen LogP contribution >= 0.6 is 0 Å². The highest BCUT2D eigenvalue weighted by atomic mass is 16.3. The van der Waals surface area contributed by atoms with Crippen LogP contribution in [0.25, 0.3) is 0 Å². The zero-order valence-corrected chi connectivity index (χ0v) is 12.8. The first-order valence-corrected chi connectivity index (χ1v) is 8.10. The predicted molar refractivity (Wildman–Crippen MR) is 82.8 cm³/mol. The summed E-state index contributed by atoms with van der Waals surface area (Å²) in [6, 6.07) is 10.1. The third kappa shape index (κ3) is 2.50. The lowest BCUT2D eigenvalue weighted by atomic mass is 9.78. The molecule has 1 fully saturated rings. The Morgan fingerprint density at radius 2 is 1.95 bits per heavy atom. The van der Waals surface area contributed by atoms with Crippen molar-refractivity contribution in [2.45, 2.75) is 50.5 Å². The molecule has 1 amide bonds. The summed E-state index contributed by atoms with van der Waals surface area (Å²) in [7, 11) is 0. The summed E-state index contributed by atoms with van der Waals surface area (Å²) in [5.41, 5.74) is 0.171. The van der Waals surface area contributed by atoms with Crippen molar-refractivity contribution in [2.75, 3.05) is 6.54 Å². The largest absolute Gasteiger partial charge is 0.383 e. The molecule has 2 aliphatic rings. The average Bonchev–Trinajstić information content (AvgIpc) is 3.03. The number of rotatable bonds is 3. The highest BCUT2D eigenvalue weighted by Gasteiger charge is 2.43. The van der Waals surface area contributed by atoms with E-state index >= 15 is 0 Å². The minimum absolute atomic E-state index is 0.187. The molecule has 0 spiro atoms. The van der Waals surface area contributed by atoms with Gasteiger partial charge in [-0.3, -0.25) is 4.79 Å². The van der Waals surface area contributed by atoms with E-state index in [2.05, 4.69) is 11.4 Å². The Morgan fingerprint density at radius 1 is 1.23 bits per heavy atom. The lowest BCUT2D eigenvalue weighted by Crippen LogP contribution is -2.47. The van der Waals surface area contributed by atoms with Crippen LogP contribution in [0.5, 0.6) is 0 Å². The molecule has 1 atom stereocenters. The summed E-state index contributed by atoms with van der Waals surface area (Å²) in [6.45, 7) is 0.187. The van der Waals surface area contributed by atoms with Crippen LogP contribution < -0.4 is 5.32 Å². The SMILES string of the molecule is N#CC1(C(=O)NC[C@@]2(O)CCCc3ccccc32)CCCC1. The van der Waals surface area contributed by atoms with Gasteiger partial charge >= 0.3 is 0 Å². The highest BCUT2D eigenvalue weighted by molar-refractivity contribution is 5.85. The predicted octanol–water partition coefficient (Wildman–Crippen LogP) is 2.41. The van der Waals surface area contributed by atoms with Gasteiger partial charge in [-0.25, -0.2) is 0 Å². The lowest BCUT2D eigenvalue weighted by molar-refractivity contribution is -0.129. The van der Waals surface area contributed by atoms with Gasteiger partial charge in [0, 0.05) is 0 Å². The van der Waals surface area contributed by atoms with Gasteiger partial charge in [-0.05, 0) is 43.2 Å². The van der Waals surface area contributed by atoms with E-state index in [1.807, 2.05) is 24.3 Å². The summed E-state index contributed by atoms with van der Waals surface area (Å²) in [5.74, 6) is -0.219. The Hall–Kier alpha value is -1.86. The molecule has 2 N–H and O–H groups in total. The van der Waals surface area contributed by atoms with Crippen LogP contribution in [0.1, 0.15) is 49.7 Å². The summed E-state index contributed by atoms with van der Waals surface area (Å²) >= 11 is 0. The normalized spacial score (nSPS) is 26.0. The van der Waals surface area contributed by atoms with E-state index in [0.29, 0.717) is 19.3 Å². The first-order chi connectivity index (χ1) is 10.6. The van der Waals surface area contributed by atoms with E-state index in [1.54, 1.807) is 0 Å². The summed E-state index contributed by atoms with van der Waals surface area (Å²) in [5, 5.41) is 23.2. The Labute approximate surface area is 131 Å². The quantitative estimate of drug-likeness (QED) is 0.900. The van der Waals surface area contributed by atoms with Crippen molar-refractivity contribution in [2.24, 2.45) is 5.41 Å². The van der Waals surface area contributed by atoms with E-state index in [-0.39, 0.29) is 12.5 Å². The van der Waals surface area contributed by atoms with Gasteiger partial charge in [0.05, 0.1) is 12.6 Å². The van der Waals surface area contributed by atoms with E-state index in [4.69, 9.17) is 0 Å². The first kappa shape index (κ1) is 15.1. The van der Waals surface area contributed by atoms with Gasteiger partial charge in [0.1, 0.15) is 11.0 Å². The number of aliphatic hydroxyl groups is 1. The molecule has 0 saturated heterocycles. The van der Waals surface area contributed by atoms with Crippen molar-refractivity contribution in [3.05, 3.63) is 35.4 Å². The summed E-state index contributed by atoms with van der Waals surface area (Å²) in [6.07, 6.45) is 5.63. The number of fused-ring (bicyclic) bond motifs is 1. The van der Waals surface area contributed by atoms with Crippen LogP contribution in [0.3, 0.4) is 0 Å². The number of hydrogen-bond acceptors (Lipinski definition) is 3. The molecule has 1 aromatic carbocycles. The summed E-state index contributed by atoms with van der Waals surface area (Å²) in [4.78, 5) is 12.5. The Balaban J connectivity index is 1.74. The second-order valence-electron chi connectivity index (χ2n) is 6.63. The number of aryl methyl sites for hydroxylation is 1. The monoisotopic (exact) mass is 298 g/mol. The molecule has 0 radical (unpaired) electrons. The fourth-order valence-electron chi connectivity index (χ4n) is 3.85. The number of nitrogens with one attached hydrogen (secondary N) is 1.